The van der Waals surface area contributed by atoms with Gasteiger partial charge < -0.3 is 9.80 Å². The average molecular weight is 352 g/mol. The number of likely N-dealkylation sites (tertiary alicyclic amines) is 1. The smallest absolute Gasteiger partial charge is 0.237 e. The minimum Gasteiger partial charge on any atom is -0.336 e. The van der Waals surface area contributed by atoms with Crippen LogP contribution in [0.15, 0.2) is 0 Å². The number of piperidine rings is 1. The van der Waals surface area contributed by atoms with Crippen LogP contribution in [0, 0.1) is 5.92 Å². The van der Waals surface area contributed by atoms with Crippen LogP contribution in [0.3, 0.4) is 0 Å². The quantitative estimate of drug-likeness (QED) is 0.757. The van der Waals surface area contributed by atoms with Gasteiger partial charge in [-0.15, -0.1) is 11.8 Å². The SMILES string of the molecule is C[C@H](C1CC1)N(C(=O)CN1CCC2(CC1)SCC(=O)N2C)C1CC1. The first kappa shape index (κ1) is 16.7. The van der Waals surface area contributed by atoms with Crippen molar-refractivity contribution in [2.45, 2.75) is 62.4 Å². The molecule has 0 bridgehead atoms. The van der Waals surface area contributed by atoms with Crippen molar-refractivity contribution < 1.29 is 9.59 Å². The minimum absolute atomic E-state index is 0.00584. The second-order valence-corrected chi connectivity index (χ2v) is 9.41. The van der Waals surface area contributed by atoms with Gasteiger partial charge in [0.1, 0.15) is 0 Å². The van der Waals surface area contributed by atoms with Crippen molar-refractivity contribution in [2.24, 2.45) is 5.92 Å². The second-order valence-electron chi connectivity index (χ2n) is 8.07. The van der Waals surface area contributed by atoms with Crippen LogP contribution in [0.4, 0.5) is 0 Å². The highest BCUT2D eigenvalue weighted by Crippen LogP contribution is 2.43. The molecule has 4 fully saturated rings. The number of hydrogen-bond acceptors (Lipinski definition) is 4. The average Bonchev–Trinajstić information content (AvgIpc) is 3.46. The normalized spacial score (nSPS) is 28.4. The third-order valence-electron chi connectivity index (χ3n) is 6.42. The van der Waals surface area contributed by atoms with Crippen LogP contribution in [-0.2, 0) is 9.59 Å². The molecule has 4 aliphatic rings. The van der Waals surface area contributed by atoms with E-state index < -0.39 is 0 Å². The van der Waals surface area contributed by atoms with E-state index in [1.807, 2.05) is 11.9 Å². The van der Waals surface area contributed by atoms with Gasteiger partial charge in [-0.3, -0.25) is 14.5 Å². The summed E-state index contributed by atoms with van der Waals surface area (Å²) >= 11 is 1.80. The van der Waals surface area contributed by atoms with E-state index in [0.717, 1.165) is 31.8 Å². The largest absolute Gasteiger partial charge is 0.336 e. The number of hydrogen-bond donors (Lipinski definition) is 0. The van der Waals surface area contributed by atoms with Gasteiger partial charge in [-0.2, -0.15) is 0 Å². The standard InChI is InChI=1S/C18H29N3O2S/c1-13(14-3-4-14)21(15-5-6-15)16(22)11-20-9-7-18(8-10-20)19(2)17(23)12-24-18/h13-15H,3-12H2,1-2H3/t13-/m1/s1. The Balaban J connectivity index is 1.33. The molecule has 24 heavy (non-hydrogen) atoms. The van der Waals surface area contributed by atoms with Gasteiger partial charge in [-0.05, 0) is 51.4 Å². The zero-order valence-electron chi connectivity index (χ0n) is 14.9. The molecule has 0 aromatic heterocycles. The molecule has 4 rings (SSSR count). The van der Waals surface area contributed by atoms with E-state index in [9.17, 15) is 9.59 Å². The van der Waals surface area contributed by atoms with E-state index in [4.69, 9.17) is 0 Å². The van der Waals surface area contributed by atoms with E-state index in [1.165, 1.54) is 25.7 Å². The van der Waals surface area contributed by atoms with Gasteiger partial charge in [-0.25, -0.2) is 0 Å². The molecule has 2 saturated carbocycles. The van der Waals surface area contributed by atoms with Crippen LogP contribution in [0.1, 0.15) is 45.4 Å². The first-order chi connectivity index (χ1) is 11.5. The number of carbonyl (C=O) groups excluding carboxylic acids is 2. The topological polar surface area (TPSA) is 43.9 Å². The second kappa shape index (κ2) is 6.20. The molecule has 0 aromatic rings. The van der Waals surface area contributed by atoms with Gasteiger partial charge in [0, 0.05) is 32.2 Å². The van der Waals surface area contributed by atoms with E-state index in [1.54, 1.807) is 11.8 Å². The number of rotatable bonds is 5. The number of carbonyl (C=O) groups is 2. The molecule has 2 amide bonds. The van der Waals surface area contributed by atoms with Gasteiger partial charge >= 0.3 is 0 Å². The molecule has 134 valence electrons. The maximum Gasteiger partial charge on any atom is 0.237 e. The number of amides is 2. The summed E-state index contributed by atoms with van der Waals surface area (Å²) < 4.78 is 0. The van der Waals surface area contributed by atoms with Crippen LogP contribution in [-0.4, -0.2) is 75.9 Å². The molecule has 5 nitrogen and oxygen atoms in total. The van der Waals surface area contributed by atoms with E-state index in [-0.39, 0.29) is 10.8 Å². The van der Waals surface area contributed by atoms with E-state index in [2.05, 4.69) is 16.7 Å². The Hall–Kier alpha value is -0.750. The maximum atomic E-state index is 12.9. The van der Waals surface area contributed by atoms with Crippen molar-refractivity contribution in [1.82, 2.24) is 14.7 Å². The van der Waals surface area contributed by atoms with Crippen molar-refractivity contribution in [3.63, 3.8) is 0 Å². The lowest BCUT2D eigenvalue weighted by Gasteiger charge is -2.43. The van der Waals surface area contributed by atoms with Gasteiger partial charge in [-0.1, -0.05) is 0 Å². The zero-order chi connectivity index (χ0) is 16.9. The van der Waals surface area contributed by atoms with Crippen molar-refractivity contribution in [1.29, 1.82) is 0 Å². The summed E-state index contributed by atoms with van der Waals surface area (Å²) in [5.74, 6) is 1.94. The van der Waals surface area contributed by atoms with Crippen LogP contribution >= 0.6 is 11.8 Å². The molecular weight excluding hydrogens is 322 g/mol. The summed E-state index contributed by atoms with van der Waals surface area (Å²) in [7, 11) is 1.94. The molecule has 2 saturated heterocycles. The molecule has 6 heteroatoms. The van der Waals surface area contributed by atoms with Crippen LogP contribution in [0.2, 0.25) is 0 Å². The highest BCUT2D eigenvalue weighted by Gasteiger charge is 2.47. The van der Waals surface area contributed by atoms with Gasteiger partial charge in [0.2, 0.25) is 11.8 Å². The fourth-order valence-electron chi connectivity index (χ4n) is 4.35. The molecular formula is C18H29N3O2S. The Bertz CT molecular complexity index is 524. The van der Waals surface area contributed by atoms with Crippen LogP contribution < -0.4 is 0 Å². The summed E-state index contributed by atoms with van der Waals surface area (Å²) in [5.41, 5.74) is 0. The van der Waals surface area contributed by atoms with E-state index >= 15 is 0 Å². The summed E-state index contributed by atoms with van der Waals surface area (Å²) in [6, 6.07) is 0.939. The molecule has 1 spiro atoms. The fourth-order valence-corrected chi connectivity index (χ4v) is 5.70. The van der Waals surface area contributed by atoms with Crippen molar-refractivity contribution in [2.75, 3.05) is 32.4 Å². The third-order valence-corrected chi connectivity index (χ3v) is 8.03. The Morgan fingerprint density at radius 2 is 1.96 bits per heavy atom. The molecule has 2 heterocycles. The molecule has 1 atom stereocenters. The van der Waals surface area contributed by atoms with Crippen molar-refractivity contribution in [3.8, 4) is 0 Å². The van der Waals surface area contributed by atoms with Gasteiger partial charge in [0.15, 0.2) is 0 Å². The molecule has 0 unspecified atom stereocenters. The Labute approximate surface area is 149 Å². The molecule has 2 aliphatic carbocycles. The zero-order valence-corrected chi connectivity index (χ0v) is 15.7. The molecule has 0 radical (unpaired) electrons. The molecule has 0 N–H and O–H groups in total. The van der Waals surface area contributed by atoms with Crippen molar-refractivity contribution >= 4 is 23.6 Å². The molecule has 0 aromatic carbocycles. The summed E-state index contributed by atoms with van der Waals surface area (Å²) in [6.07, 6.45) is 6.93. The maximum absolute atomic E-state index is 12.9. The minimum atomic E-state index is -0.00584. The lowest BCUT2D eigenvalue weighted by Crippen LogP contribution is -2.53. The first-order valence-corrected chi connectivity index (χ1v) is 10.4. The summed E-state index contributed by atoms with van der Waals surface area (Å²) in [4.78, 5) is 31.2. The molecule has 2 aliphatic heterocycles. The monoisotopic (exact) mass is 351 g/mol. The third kappa shape index (κ3) is 3.07. The summed E-state index contributed by atoms with van der Waals surface area (Å²) in [5, 5.41) is 0. The van der Waals surface area contributed by atoms with Crippen molar-refractivity contribution in [3.05, 3.63) is 0 Å². The first-order valence-electron chi connectivity index (χ1n) is 9.44. The summed E-state index contributed by atoms with van der Waals surface area (Å²) in [6.45, 7) is 4.65. The highest BCUT2D eigenvalue weighted by molar-refractivity contribution is 8.01. The fraction of sp³-hybridized carbons (Fsp3) is 0.889. The lowest BCUT2D eigenvalue weighted by molar-refractivity contribution is -0.137. The van der Waals surface area contributed by atoms with Crippen LogP contribution in [0.25, 0.3) is 0 Å². The predicted octanol–water partition coefficient (Wildman–Crippen LogP) is 1.77. The lowest BCUT2D eigenvalue weighted by atomic mass is 10.0. The Morgan fingerprint density at radius 3 is 2.46 bits per heavy atom. The van der Waals surface area contributed by atoms with Gasteiger partial charge in [0.25, 0.3) is 0 Å². The van der Waals surface area contributed by atoms with E-state index in [0.29, 0.717) is 30.3 Å². The van der Waals surface area contributed by atoms with Gasteiger partial charge in [0.05, 0.1) is 17.2 Å². The number of nitrogens with zero attached hydrogens (tertiary/aromatic N) is 3. The number of thioether (sulfide) groups is 1. The highest BCUT2D eigenvalue weighted by atomic mass is 32.2. The Kier molecular flexibility index (Phi) is 4.32. The predicted molar refractivity (Wildman–Crippen MR) is 95.7 cm³/mol. The van der Waals surface area contributed by atoms with Crippen LogP contribution in [0.5, 0.6) is 0 Å². The Morgan fingerprint density at radius 1 is 1.29 bits per heavy atom.